The molecule has 0 aliphatic rings. The Morgan fingerprint density at radius 1 is 0.941 bits per heavy atom. The molecule has 0 rings (SSSR count). The molecule has 2 N–H and O–H groups in total. The average molecular weight is 303 g/mol. The van der Waals surface area contributed by atoms with Gasteiger partial charge in [0.05, 0.1) is 0 Å². The molecule has 0 bridgehead atoms. The van der Waals surface area contributed by atoms with Crippen molar-refractivity contribution >= 4 is 39.7 Å². The van der Waals surface area contributed by atoms with Crippen LogP contribution in [0, 0.1) is 0 Å². The van der Waals surface area contributed by atoms with Crippen molar-refractivity contribution in [1.29, 1.82) is 0 Å². The van der Waals surface area contributed by atoms with Crippen LogP contribution in [-0.2, 0) is 10.1 Å². The smallest absolute Gasteiger partial charge is 0.370 e. The first kappa shape index (κ1) is 19.7. The third-order valence-corrected chi connectivity index (χ3v) is 2.23. The van der Waals surface area contributed by atoms with E-state index < -0.39 is 33.6 Å². The van der Waals surface area contributed by atoms with Crippen molar-refractivity contribution in [2.45, 2.75) is 23.5 Å². The van der Waals surface area contributed by atoms with E-state index in [1.165, 1.54) is 0 Å². The number of aliphatic hydroxyl groups excluding tert-OH is 1. The Morgan fingerprint density at radius 2 is 1.24 bits per heavy atom. The van der Waals surface area contributed by atoms with Crippen LogP contribution >= 0.6 is 0 Å². The summed E-state index contributed by atoms with van der Waals surface area (Å²) in [7, 11) is -6.18. The SMILES string of the molecule is O=S(=O)(O)C(O)C(F)(F)C(F)(F)C(F)(F)F.[Na]. The summed E-state index contributed by atoms with van der Waals surface area (Å²) >= 11 is 0. The van der Waals surface area contributed by atoms with Crippen LogP contribution in [0.15, 0.2) is 0 Å². The fourth-order valence-electron chi connectivity index (χ4n) is 0.531. The Hall–Kier alpha value is 0.380. The molecular formula is C4H3F7NaO4S. The summed E-state index contributed by atoms with van der Waals surface area (Å²) in [4.78, 5) is 0. The van der Waals surface area contributed by atoms with Crippen LogP contribution in [0.2, 0.25) is 0 Å². The Kier molecular flexibility index (Phi) is 5.99. The fraction of sp³-hybridized carbons (Fsp3) is 1.00. The van der Waals surface area contributed by atoms with E-state index in [-0.39, 0.29) is 29.6 Å². The molecule has 4 nitrogen and oxygen atoms in total. The van der Waals surface area contributed by atoms with Gasteiger partial charge in [0.2, 0.25) is 0 Å². The zero-order chi connectivity index (χ0) is 13.6. The molecular weight excluding hydrogens is 300 g/mol. The first-order valence-corrected chi connectivity index (χ1v) is 4.62. The second-order valence-electron chi connectivity index (χ2n) is 2.56. The van der Waals surface area contributed by atoms with Gasteiger partial charge in [0.25, 0.3) is 15.6 Å². The van der Waals surface area contributed by atoms with Crippen LogP contribution in [0.5, 0.6) is 0 Å². The maximum Gasteiger partial charge on any atom is 0.460 e. The first-order valence-electron chi connectivity index (χ1n) is 3.12. The van der Waals surface area contributed by atoms with E-state index in [9.17, 15) is 39.2 Å². The van der Waals surface area contributed by atoms with Gasteiger partial charge in [-0.1, -0.05) is 0 Å². The van der Waals surface area contributed by atoms with Gasteiger partial charge in [0, 0.05) is 29.6 Å². The molecule has 0 aromatic rings. The van der Waals surface area contributed by atoms with Gasteiger partial charge >= 0.3 is 18.0 Å². The van der Waals surface area contributed by atoms with Crippen LogP contribution in [0.25, 0.3) is 0 Å². The van der Waals surface area contributed by atoms with E-state index in [0.717, 1.165) is 0 Å². The van der Waals surface area contributed by atoms with Crippen LogP contribution in [-0.4, -0.2) is 71.1 Å². The van der Waals surface area contributed by atoms with Crippen molar-refractivity contribution in [1.82, 2.24) is 0 Å². The molecule has 1 unspecified atom stereocenters. The van der Waals surface area contributed by atoms with E-state index in [0.29, 0.717) is 0 Å². The topological polar surface area (TPSA) is 74.6 Å². The molecule has 0 saturated carbocycles. The summed E-state index contributed by atoms with van der Waals surface area (Å²) in [6.45, 7) is 0. The Bertz CT molecular complexity index is 363. The van der Waals surface area contributed by atoms with Crippen molar-refractivity contribution in [3.63, 3.8) is 0 Å². The van der Waals surface area contributed by atoms with E-state index in [1.54, 1.807) is 0 Å². The van der Waals surface area contributed by atoms with Crippen molar-refractivity contribution in [3.8, 4) is 0 Å². The Labute approximate surface area is 112 Å². The van der Waals surface area contributed by atoms with Crippen LogP contribution in [0.3, 0.4) is 0 Å². The second kappa shape index (κ2) is 5.17. The number of alkyl halides is 7. The van der Waals surface area contributed by atoms with Gasteiger partial charge in [-0.3, -0.25) is 4.55 Å². The summed E-state index contributed by atoms with van der Waals surface area (Å²) in [5.74, 6) is -13.2. The van der Waals surface area contributed by atoms with Crippen LogP contribution < -0.4 is 0 Å². The van der Waals surface area contributed by atoms with Gasteiger partial charge in [0.1, 0.15) is 0 Å². The molecule has 99 valence electrons. The maximum absolute atomic E-state index is 12.3. The van der Waals surface area contributed by atoms with Gasteiger partial charge in [-0.2, -0.15) is 39.2 Å². The molecule has 0 aromatic heterocycles. The number of hydrogen-bond donors (Lipinski definition) is 2. The van der Waals surface area contributed by atoms with Gasteiger partial charge in [-0.15, -0.1) is 0 Å². The molecule has 0 heterocycles. The maximum atomic E-state index is 12.3. The summed E-state index contributed by atoms with van der Waals surface area (Å²) in [6, 6.07) is 0. The average Bonchev–Trinajstić information content (AvgIpc) is 1.98. The van der Waals surface area contributed by atoms with Crippen molar-refractivity contribution in [2.75, 3.05) is 0 Å². The Balaban J connectivity index is 0. The quantitative estimate of drug-likeness (QED) is 0.456. The van der Waals surface area contributed by atoms with Gasteiger partial charge in [-0.05, 0) is 0 Å². The molecule has 0 aromatic carbocycles. The molecule has 13 heteroatoms. The van der Waals surface area contributed by atoms with E-state index in [4.69, 9.17) is 9.66 Å². The van der Waals surface area contributed by atoms with E-state index in [2.05, 4.69) is 0 Å². The van der Waals surface area contributed by atoms with Gasteiger partial charge < -0.3 is 5.11 Å². The van der Waals surface area contributed by atoms with Gasteiger partial charge in [0.15, 0.2) is 0 Å². The number of hydrogen-bond acceptors (Lipinski definition) is 3. The number of halogens is 7. The minimum Gasteiger partial charge on any atom is -0.370 e. The predicted molar refractivity (Wildman–Crippen MR) is 39.3 cm³/mol. The molecule has 0 amide bonds. The van der Waals surface area contributed by atoms with Gasteiger partial charge in [-0.25, -0.2) is 0 Å². The normalized spacial score (nSPS) is 16.3. The molecule has 0 saturated heterocycles. The van der Waals surface area contributed by atoms with E-state index >= 15 is 0 Å². The molecule has 17 heavy (non-hydrogen) atoms. The summed E-state index contributed by atoms with van der Waals surface area (Å²) < 4.78 is 111. The van der Waals surface area contributed by atoms with Crippen LogP contribution in [0.1, 0.15) is 0 Å². The van der Waals surface area contributed by atoms with Crippen molar-refractivity contribution in [2.24, 2.45) is 0 Å². The third kappa shape index (κ3) is 3.67. The second-order valence-corrected chi connectivity index (χ2v) is 4.04. The molecule has 1 atom stereocenters. The third-order valence-electron chi connectivity index (χ3n) is 1.37. The minimum absolute atomic E-state index is 0. The minimum atomic E-state index is -6.81. The summed E-state index contributed by atoms with van der Waals surface area (Å²) in [5, 5.41) is 8.04. The van der Waals surface area contributed by atoms with Crippen LogP contribution in [0.4, 0.5) is 30.7 Å². The molecule has 0 aliphatic heterocycles. The zero-order valence-electron chi connectivity index (χ0n) is 7.84. The van der Waals surface area contributed by atoms with Crippen molar-refractivity contribution in [3.05, 3.63) is 0 Å². The monoisotopic (exact) mass is 303 g/mol. The molecule has 0 aliphatic carbocycles. The predicted octanol–water partition coefficient (Wildman–Crippen LogP) is 0.645. The number of rotatable bonds is 3. The standard InChI is InChI=1S/C4H3F7O4S.Na/c5-2(6,1(12)16(13,14)15)3(7,8)4(9,10)11;/h1,12H,(H,13,14,15);. The van der Waals surface area contributed by atoms with E-state index in [1.807, 2.05) is 0 Å². The summed E-state index contributed by atoms with van der Waals surface area (Å²) in [6.07, 6.45) is -6.79. The summed E-state index contributed by atoms with van der Waals surface area (Å²) in [5.41, 5.74) is -4.59. The first-order chi connectivity index (χ1) is 6.65. The molecule has 0 spiro atoms. The fourth-order valence-corrected chi connectivity index (χ4v) is 1.05. The molecule has 0 fully saturated rings. The number of aliphatic hydroxyl groups is 1. The molecule has 1 radical (unpaired) electrons. The largest absolute Gasteiger partial charge is 0.460 e. The zero-order valence-corrected chi connectivity index (χ0v) is 10.7. The van der Waals surface area contributed by atoms with Crippen molar-refractivity contribution < 1.29 is 48.8 Å². The Morgan fingerprint density at radius 3 is 1.41 bits per heavy atom.